The molecule has 1 unspecified atom stereocenters. The molecule has 0 radical (unpaired) electrons. The molecule has 23 heavy (non-hydrogen) atoms. The number of rotatable bonds is 7. The van der Waals surface area contributed by atoms with Crippen LogP contribution in [-0.4, -0.2) is 30.0 Å². The van der Waals surface area contributed by atoms with Gasteiger partial charge in [0, 0.05) is 6.54 Å². The maximum absolute atomic E-state index is 12.2. The highest BCUT2D eigenvalue weighted by atomic mass is 19.4. The Morgan fingerprint density at radius 1 is 1.35 bits per heavy atom. The van der Waals surface area contributed by atoms with Crippen LogP contribution in [0.4, 0.5) is 13.2 Å². The lowest BCUT2D eigenvalue weighted by molar-refractivity contribution is -0.274. The molecule has 0 heterocycles. The van der Waals surface area contributed by atoms with Crippen molar-refractivity contribution in [2.45, 2.75) is 46.1 Å². The van der Waals surface area contributed by atoms with Gasteiger partial charge in [-0.1, -0.05) is 26.0 Å². The number of amides is 1. The number of nitrogens with one attached hydrogen (secondary N) is 1. The van der Waals surface area contributed by atoms with Crippen molar-refractivity contribution in [1.29, 1.82) is 0 Å². The molecule has 0 aromatic heterocycles. The summed E-state index contributed by atoms with van der Waals surface area (Å²) in [6, 6.07) is 5.33. The first kappa shape index (κ1) is 19.3. The molecular weight excluding hydrogens is 311 g/mol. The van der Waals surface area contributed by atoms with Gasteiger partial charge in [-0.2, -0.15) is 0 Å². The minimum atomic E-state index is -4.76. The molecule has 0 saturated carbocycles. The lowest BCUT2D eigenvalue weighted by Crippen LogP contribution is -2.36. The maximum Gasteiger partial charge on any atom is 0.573 e. The summed E-state index contributed by atoms with van der Waals surface area (Å²) in [7, 11) is 0. The number of benzene rings is 1. The highest BCUT2D eigenvalue weighted by Crippen LogP contribution is 2.24. The standard InChI is InChI=1S/C16H22F3NO3/c1-11(21)9-15(2,3)10-20-14(22)8-12-5-4-6-13(7-12)23-16(17,18)19/h4-7,11,21H,8-10H2,1-3H3,(H,20,22). The Morgan fingerprint density at radius 3 is 2.57 bits per heavy atom. The number of hydrogen-bond acceptors (Lipinski definition) is 3. The molecule has 7 heteroatoms. The topological polar surface area (TPSA) is 58.6 Å². The quantitative estimate of drug-likeness (QED) is 0.806. The van der Waals surface area contributed by atoms with Gasteiger partial charge in [0.1, 0.15) is 5.75 Å². The summed E-state index contributed by atoms with van der Waals surface area (Å²) in [6.07, 6.45) is -4.74. The van der Waals surface area contributed by atoms with E-state index in [1.165, 1.54) is 18.2 Å². The van der Waals surface area contributed by atoms with E-state index in [2.05, 4.69) is 10.1 Å². The minimum Gasteiger partial charge on any atom is -0.406 e. The maximum atomic E-state index is 12.2. The van der Waals surface area contributed by atoms with Gasteiger partial charge in [-0.25, -0.2) is 0 Å². The molecule has 0 spiro atoms. The van der Waals surface area contributed by atoms with Crippen molar-refractivity contribution < 1.29 is 27.8 Å². The lowest BCUT2D eigenvalue weighted by atomic mass is 9.87. The van der Waals surface area contributed by atoms with Crippen molar-refractivity contribution in [2.24, 2.45) is 5.41 Å². The van der Waals surface area contributed by atoms with Gasteiger partial charge in [0.2, 0.25) is 5.91 Å². The van der Waals surface area contributed by atoms with E-state index in [0.29, 0.717) is 18.5 Å². The van der Waals surface area contributed by atoms with Crippen LogP contribution in [-0.2, 0) is 11.2 Å². The molecule has 0 fully saturated rings. The molecule has 1 atom stereocenters. The predicted octanol–water partition coefficient (Wildman–Crippen LogP) is 3.04. The first-order valence-electron chi connectivity index (χ1n) is 7.26. The van der Waals surface area contributed by atoms with Crippen LogP contribution in [0.25, 0.3) is 0 Å². The van der Waals surface area contributed by atoms with E-state index in [1.807, 2.05) is 13.8 Å². The second-order valence-corrected chi connectivity index (χ2v) is 6.37. The minimum absolute atomic E-state index is 0.0418. The smallest absolute Gasteiger partial charge is 0.406 e. The van der Waals surface area contributed by atoms with Crippen molar-refractivity contribution >= 4 is 5.91 Å². The van der Waals surface area contributed by atoms with Gasteiger partial charge in [-0.15, -0.1) is 13.2 Å². The van der Waals surface area contributed by atoms with Crippen LogP contribution in [0.3, 0.4) is 0 Å². The first-order chi connectivity index (χ1) is 10.5. The molecule has 0 bridgehead atoms. The molecule has 4 nitrogen and oxygen atoms in total. The summed E-state index contributed by atoms with van der Waals surface area (Å²) in [5.74, 6) is -0.648. The van der Waals surface area contributed by atoms with Gasteiger partial charge in [0.15, 0.2) is 0 Å². The number of ether oxygens (including phenoxy) is 1. The van der Waals surface area contributed by atoms with Gasteiger partial charge >= 0.3 is 6.36 Å². The highest BCUT2D eigenvalue weighted by molar-refractivity contribution is 5.78. The normalized spacial score (nSPS) is 13.5. The molecule has 130 valence electrons. The Balaban J connectivity index is 2.56. The fourth-order valence-electron chi connectivity index (χ4n) is 2.31. The molecule has 1 rings (SSSR count). The highest BCUT2D eigenvalue weighted by Gasteiger charge is 2.31. The van der Waals surface area contributed by atoms with Crippen molar-refractivity contribution in [3.8, 4) is 5.75 Å². The number of carbonyl (C=O) groups excluding carboxylic acids is 1. The molecule has 1 aromatic carbocycles. The number of carbonyl (C=O) groups is 1. The zero-order chi connectivity index (χ0) is 17.7. The summed E-state index contributed by atoms with van der Waals surface area (Å²) >= 11 is 0. The summed E-state index contributed by atoms with van der Waals surface area (Å²) in [6.45, 7) is 5.88. The van der Waals surface area contributed by atoms with Gasteiger partial charge in [0.05, 0.1) is 12.5 Å². The van der Waals surface area contributed by atoms with Crippen LogP contribution in [0.5, 0.6) is 5.75 Å². The van der Waals surface area contributed by atoms with E-state index >= 15 is 0 Å². The Labute approximate surface area is 133 Å². The number of halogens is 3. The van der Waals surface area contributed by atoms with Crippen molar-refractivity contribution in [3.63, 3.8) is 0 Å². The van der Waals surface area contributed by atoms with Crippen molar-refractivity contribution in [3.05, 3.63) is 29.8 Å². The van der Waals surface area contributed by atoms with Crippen LogP contribution < -0.4 is 10.1 Å². The third-order valence-corrected chi connectivity index (χ3v) is 3.11. The number of aliphatic hydroxyl groups excluding tert-OH is 1. The molecule has 1 amide bonds. The van der Waals surface area contributed by atoms with Crippen LogP contribution in [0.15, 0.2) is 24.3 Å². The fourth-order valence-corrected chi connectivity index (χ4v) is 2.31. The Kier molecular flexibility index (Phi) is 6.44. The average molecular weight is 333 g/mol. The van der Waals surface area contributed by atoms with Crippen molar-refractivity contribution in [1.82, 2.24) is 5.32 Å². The van der Waals surface area contributed by atoms with E-state index in [9.17, 15) is 23.1 Å². The van der Waals surface area contributed by atoms with Gasteiger partial charge in [0.25, 0.3) is 0 Å². The zero-order valence-electron chi connectivity index (χ0n) is 13.4. The zero-order valence-corrected chi connectivity index (χ0v) is 13.4. The number of aliphatic hydroxyl groups is 1. The first-order valence-corrected chi connectivity index (χ1v) is 7.26. The third kappa shape index (κ3) is 8.44. The van der Waals surface area contributed by atoms with E-state index < -0.39 is 12.5 Å². The van der Waals surface area contributed by atoms with Crippen LogP contribution in [0.2, 0.25) is 0 Å². The Morgan fingerprint density at radius 2 is 2.00 bits per heavy atom. The summed E-state index contributed by atoms with van der Waals surface area (Å²) in [5.41, 5.74) is 0.156. The van der Waals surface area contributed by atoms with E-state index in [-0.39, 0.29) is 23.5 Å². The molecular formula is C16H22F3NO3. The second-order valence-electron chi connectivity index (χ2n) is 6.37. The predicted molar refractivity (Wildman–Crippen MR) is 79.9 cm³/mol. The molecule has 0 aliphatic heterocycles. The summed E-state index contributed by atoms with van der Waals surface area (Å²) in [5, 5.41) is 12.1. The second kappa shape index (κ2) is 7.68. The van der Waals surface area contributed by atoms with Crippen LogP contribution >= 0.6 is 0 Å². The molecule has 0 aliphatic rings. The Hall–Kier alpha value is -1.76. The molecule has 0 saturated heterocycles. The summed E-state index contributed by atoms with van der Waals surface area (Å²) in [4.78, 5) is 11.9. The van der Waals surface area contributed by atoms with Crippen LogP contribution in [0, 0.1) is 5.41 Å². The summed E-state index contributed by atoms with van der Waals surface area (Å²) < 4.78 is 40.3. The van der Waals surface area contributed by atoms with Crippen LogP contribution in [0.1, 0.15) is 32.8 Å². The van der Waals surface area contributed by atoms with E-state index in [0.717, 1.165) is 0 Å². The number of alkyl halides is 3. The van der Waals surface area contributed by atoms with E-state index in [1.54, 1.807) is 13.0 Å². The third-order valence-electron chi connectivity index (χ3n) is 3.11. The number of hydrogen-bond donors (Lipinski definition) is 2. The van der Waals surface area contributed by atoms with Gasteiger partial charge < -0.3 is 15.2 Å². The largest absolute Gasteiger partial charge is 0.573 e. The molecule has 0 aliphatic carbocycles. The van der Waals surface area contributed by atoms with E-state index in [4.69, 9.17) is 0 Å². The molecule has 1 aromatic rings. The monoisotopic (exact) mass is 333 g/mol. The lowest BCUT2D eigenvalue weighted by Gasteiger charge is -2.26. The Bertz CT molecular complexity index is 528. The SMILES string of the molecule is CC(O)CC(C)(C)CNC(=O)Cc1cccc(OC(F)(F)F)c1. The fraction of sp³-hybridized carbons (Fsp3) is 0.562. The van der Waals surface area contributed by atoms with Gasteiger partial charge in [-0.3, -0.25) is 4.79 Å². The van der Waals surface area contributed by atoms with Crippen molar-refractivity contribution in [2.75, 3.05) is 6.54 Å². The average Bonchev–Trinajstić information content (AvgIpc) is 2.33. The molecule has 2 N–H and O–H groups in total. The van der Waals surface area contributed by atoms with Gasteiger partial charge in [-0.05, 0) is 36.5 Å².